The van der Waals surface area contributed by atoms with E-state index in [2.05, 4.69) is 20.9 Å². The molecule has 162 valence electrons. The lowest BCUT2D eigenvalue weighted by molar-refractivity contribution is 0.0955. The number of halogens is 1. The number of rotatable bonds is 6. The number of nitrogens with zero attached hydrogens (tertiary/aromatic N) is 1. The van der Waals surface area contributed by atoms with Crippen molar-refractivity contribution >= 4 is 41.5 Å². The predicted molar refractivity (Wildman–Crippen MR) is 130 cm³/mol. The fourth-order valence-corrected chi connectivity index (χ4v) is 2.93. The van der Waals surface area contributed by atoms with Gasteiger partial charge in [-0.15, -0.1) is 24.0 Å². The van der Waals surface area contributed by atoms with E-state index in [1.165, 1.54) is 0 Å². The van der Waals surface area contributed by atoms with Gasteiger partial charge >= 0.3 is 0 Å². The maximum Gasteiger partial charge on any atom is 0.251 e. The Morgan fingerprint density at radius 3 is 2.53 bits per heavy atom. The molecule has 0 unspecified atom stereocenters. The molecular formula is C22H29IN4O3. The highest BCUT2D eigenvalue weighted by Crippen LogP contribution is 2.32. The highest BCUT2D eigenvalue weighted by molar-refractivity contribution is 14.0. The van der Waals surface area contributed by atoms with Crippen LogP contribution in [0, 0.1) is 0 Å². The Balaban J connectivity index is 0.00000320. The molecule has 0 aliphatic carbocycles. The molecule has 0 fully saturated rings. The topological polar surface area (TPSA) is 84.0 Å². The van der Waals surface area contributed by atoms with Crippen molar-refractivity contribution < 1.29 is 14.3 Å². The Morgan fingerprint density at radius 2 is 1.77 bits per heavy atom. The molecule has 1 heterocycles. The van der Waals surface area contributed by atoms with Crippen LogP contribution in [0.2, 0.25) is 0 Å². The number of nitrogens with one attached hydrogen (secondary N) is 3. The van der Waals surface area contributed by atoms with Gasteiger partial charge in [-0.2, -0.15) is 0 Å². The minimum Gasteiger partial charge on any atom is -0.490 e. The largest absolute Gasteiger partial charge is 0.490 e. The molecule has 0 radical (unpaired) electrons. The third kappa shape index (κ3) is 6.79. The first-order valence-electron chi connectivity index (χ1n) is 10.0. The van der Waals surface area contributed by atoms with Gasteiger partial charge in [0.05, 0.1) is 19.8 Å². The van der Waals surface area contributed by atoms with Crippen LogP contribution in [-0.4, -0.2) is 38.2 Å². The summed E-state index contributed by atoms with van der Waals surface area (Å²) in [6.07, 6.45) is 0.872. The summed E-state index contributed by atoms with van der Waals surface area (Å²) in [6, 6.07) is 13.3. The molecule has 7 nitrogen and oxygen atoms in total. The summed E-state index contributed by atoms with van der Waals surface area (Å²) in [5.74, 6) is 2.08. The smallest absolute Gasteiger partial charge is 0.251 e. The van der Waals surface area contributed by atoms with E-state index >= 15 is 0 Å². The van der Waals surface area contributed by atoms with Crippen molar-refractivity contribution in [1.82, 2.24) is 10.6 Å². The molecule has 0 spiro atoms. The SMILES string of the molecule is CCNC(=O)c1cccc(CN=C(NCC)Nc2ccc3c(c2)OCCCO3)c1.I. The van der Waals surface area contributed by atoms with Crippen LogP contribution in [0.4, 0.5) is 5.69 Å². The number of ether oxygens (including phenoxy) is 2. The average Bonchev–Trinajstić information content (AvgIpc) is 2.97. The van der Waals surface area contributed by atoms with Gasteiger partial charge in [-0.1, -0.05) is 12.1 Å². The lowest BCUT2D eigenvalue weighted by atomic mass is 10.1. The van der Waals surface area contributed by atoms with Crippen molar-refractivity contribution in [2.24, 2.45) is 4.99 Å². The van der Waals surface area contributed by atoms with E-state index in [4.69, 9.17) is 9.47 Å². The molecule has 2 aromatic rings. The Morgan fingerprint density at radius 1 is 1.00 bits per heavy atom. The summed E-state index contributed by atoms with van der Waals surface area (Å²) in [5.41, 5.74) is 2.47. The fraction of sp³-hybridized carbons (Fsp3) is 0.364. The molecule has 1 amide bonds. The number of hydrogen-bond acceptors (Lipinski definition) is 4. The second kappa shape index (κ2) is 12.3. The third-order valence-corrected chi connectivity index (χ3v) is 4.30. The van der Waals surface area contributed by atoms with Gasteiger partial charge < -0.3 is 25.4 Å². The maximum atomic E-state index is 12.0. The molecular weight excluding hydrogens is 495 g/mol. The van der Waals surface area contributed by atoms with Crippen LogP contribution >= 0.6 is 24.0 Å². The number of anilines is 1. The minimum absolute atomic E-state index is 0. The van der Waals surface area contributed by atoms with E-state index in [0.717, 1.165) is 35.7 Å². The zero-order valence-corrected chi connectivity index (χ0v) is 19.7. The molecule has 3 N–H and O–H groups in total. The van der Waals surface area contributed by atoms with Gasteiger partial charge in [0, 0.05) is 36.8 Å². The van der Waals surface area contributed by atoms with Gasteiger partial charge in [-0.05, 0) is 43.7 Å². The van der Waals surface area contributed by atoms with Gasteiger partial charge in [0.1, 0.15) is 0 Å². The lowest BCUT2D eigenvalue weighted by Crippen LogP contribution is -2.30. The first-order chi connectivity index (χ1) is 14.2. The van der Waals surface area contributed by atoms with E-state index in [0.29, 0.717) is 37.8 Å². The lowest BCUT2D eigenvalue weighted by Gasteiger charge is -2.14. The summed E-state index contributed by atoms with van der Waals surface area (Å²) >= 11 is 0. The normalized spacial score (nSPS) is 12.9. The Bertz CT molecular complexity index is 873. The number of fused-ring (bicyclic) bond motifs is 1. The van der Waals surface area contributed by atoms with Gasteiger partial charge in [0.25, 0.3) is 5.91 Å². The Hall–Kier alpha value is -2.49. The van der Waals surface area contributed by atoms with Crippen LogP contribution in [0.5, 0.6) is 11.5 Å². The molecule has 0 saturated heterocycles. The summed E-state index contributed by atoms with van der Waals surface area (Å²) in [6.45, 7) is 7.01. The quantitative estimate of drug-likeness (QED) is 0.304. The summed E-state index contributed by atoms with van der Waals surface area (Å²) in [5, 5.41) is 9.36. The highest BCUT2D eigenvalue weighted by Gasteiger charge is 2.11. The monoisotopic (exact) mass is 524 g/mol. The van der Waals surface area contributed by atoms with Crippen molar-refractivity contribution in [2.75, 3.05) is 31.6 Å². The first-order valence-corrected chi connectivity index (χ1v) is 10.0. The Labute approximate surface area is 194 Å². The summed E-state index contributed by atoms with van der Waals surface area (Å²) in [7, 11) is 0. The van der Waals surface area contributed by atoms with Crippen LogP contribution in [0.15, 0.2) is 47.5 Å². The second-order valence-corrected chi connectivity index (χ2v) is 6.59. The van der Waals surface area contributed by atoms with E-state index in [9.17, 15) is 4.79 Å². The second-order valence-electron chi connectivity index (χ2n) is 6.59. The van der Waals surface area contributed by atoms with Crippen molar-refractivity contribution in [3.8, 4) is 11.5 Å². The van der Waals surface area contributed by atoms with Crippen molar-refractivity contribution in [3.63, 3.8) is 0 Å². The summed E-state index contributed by atoms with van der Waals surface area (Å²) < 4.78 is 11.4. The van der Waals surface area contributed by atoms with Crippen molar-refractivity contribution in [2.45, 2.75) is 26.8 Å². The van der Waals surface area contributed by atoms with Crippen LogP contribution in [0.1, 0.15) is 36.2 Å². The number of amides is 1. The highest BCUT2D eigenvalue weighted by atomic mass is 127. The number of carbonyl (C=O) groups excluding carboxylic acids is 1. The Kier molecular flexibility index (Phi) is 9.72. The zero-order valence-electron chi connectivity index (χ0n) is 17.4. The fourth-order valence-electron chi connectivity index (χ4n) is 2.93. The van der Waals surface area contributed by atoms with Gasteiger partial charge in [-0.25, -0.2) is 4.99 Å². The number of carbonyl (C=O) groups is 1. The number of aliphatic imine (C=N–C) groups is 1. The molecule has 1 aliphatic heterocycles. The molecule has 0 atom stereocenters. The van der Waals surface area contributed by atoms with Gasteiger partial charge in [-0.3, -0.25) is 4.79 Å². The van der Waals surface area contributed by atoms with Crippen LogP contribution in [0.25, 0.3) is 0 Å². The van der Waals surface area contributed by atoms with Gasteiger partial charge in [0.2, 0.25) is 0 Å². The zero-order chi connectivity index (χ0) is 20.5. The van der Waals surface area contributed by atoms with Crippen molar-refractivity contribution in [1.29, 1.82) is 0 Å². The average molecular weight is 524 g/mol. The van der Waals surface area contributed by atoms with E-state index < -0.39 is 0 Å². The predicted octanol–water partition coefficient (Wildman–Crippen LogP) is 3.79. The van der Waals surface area contributed by atoms with E-state index in [-0.39, 0.29) is 29.9 Å². The number of guanidine groups is 1. The van der Waals surface area contributed by atoms with Crippen LogP contribution in [-0.2, 0) is 6.54 Å². The molecule has 3 rings (SSSR count). The molecule has 0 bridgehead atoms. The van der Waals surface area contributed by atoms with Crippen molar-refractivity contribution in [3.05, 3.63) is 53.6 Å². The molecule has 0 aromatic heterocycles. The maximum absolute atomic E-state index is 12.0. The van der Waals surface area contributed by atoms with E-state index in [1.54, 1.807) is 6.07 Å². The third-order valence-electron chi connectivity index (χ3n) is 4.30. The molecule has 8 heteroatoms. The van der Waals surface area contributed by atoms with Gasteiger partial charge in [0.15, 0.2) is 17.5 Å². The van der Waals surface area contributed by atoms with E-state index in [1.807, 2.05) is 50.2 Å². The molecule has 0 saturated carbocycles. The molecule has 2 aromatic carbocycles. The van der Waals surface area contributed by atoms with Crippen LogP contribution in [0.3, 0.4) is 0 Å². The standard InChI is InChI=1S/C22H28N4O3.HI/c1-3-23-21(27)17-8-5-7-16(13-17)15-25-22(24-4-2)26-18-9-10-19-20(14-18)29-12-6-11-28-19;/h5,7-10,13-14H,3-4,6,11-12,15H2,1-2H3,(H,23,27)(H2,24,25,26);1H. The van der Waals surface area contributed by atoms with Crippen LogP contribution < -0.4 is 25.4 Å². The number of hydrogen-bond donors (Lipinski definition) is 3. The first kappa shape index (κ1) is 23.8. The number of benzene rings is 2. The molecule has 30 heavy (non-hydrogen) atoms. The molecule has 1 aliphatic rings. The minimum atomic E-state index is -0.0736. The summed E-state index contributed by atoms with van der Waals surface area (Å²) in [4.78, 5) is 16.7.